The SMILES string of the molecule is c1ccc(-c2cc(-c3ccc(-c4cccc5c4cnc4c6ccccc6oc54)c4ccccc34)nc(-c3ccc(-n4c5ccccc5c5ccccc54)cc3)n2)cc1. The average Bonchev–Trinajstić information content (AvgIpc) is 3.85. The zero-order chi connectivity index (χ0) is 38.2. The molecule has 12 rings (SSSR count). The van der Waals surface area contributed by atoms with Crippen LogP contribution in [0.3, 0.4) is 0 Å². The zero-order valence-electron chi connectivity index (χ0n) is 31.2. The Morgan fingerprint density at radius 2 is 0.983 bits per heavy atom. The summed E-state index contributed by atoms with van der Waals surface area (Å²) >= 11 is 0. The van der Waals surface area contributed by atoms with Gasteiger partial charge in [0.15, 0.2) is 11.4 Å². The highest BCUT2D eigenvalue weighted by molar-refractivity contribution is 6.17. The third-order valence-corrected chi connectivity index (χ3v) is 11.5. The minimum absolute atomic E-state index is 0.674. The molecule has 0 saturated heterocycles. The first-order chi connectivity index (χ1) is 28.8. The minimum atomic E-state index is 0.674. The molecule has 4 heterocycles. The summed E-state index contributed by atoms with van der Waals surface area (Å²) in [6, 6.07) is 65.9. The Labute approximate surface area is 333 Å². The van der Waals surface area contributed by atoms with E-state index in [0.29, 0.717) is 5.82 Å². The van der Waals surface area contributed by atoms with E-state index in [2.05, 4.69) is 168 Å². The van der Waals surface area contributed by atoms with E-state index in [1.807, 2.05) is 30.5 Å². The topological polar surface area (TPSA) is 56.7 Å². The maximum Gasteiger partial charge on any atom is 0.161 e. The first-order valence-electron chi connectivity index (χ1n) is 19.5. The average molecular weight is 741 g/mol. The van der Waals surface area contributed by atoms with Crippen molar-refractivity contribution in [3.63, 3.8) is 0 Å². The fourth-order valence-electron chi connectivity index (χ4n) is 8.80. The van der Waals surface area contributed by atoms with Crippen molar-refractivity contribution >= 4 is 65.4 Å². The number of furan rings is 1. The van der Waals surface area contributed by atoms with E-state index in [1.165, 1.54) is 21.8 Å². The summed E-state index contributed by atoms with van der Waals surface area (Å²) in [5, 5.41) is 7.84. The maximum absolute atomic E-state index is 6.40. The van der Waals surface area contributed by atoms with E-state index in [9.17, 15) is 0 Å². The maximum atomic E-state index is 6.40. The number of fused-ring (bicyclic) bond motifs is 9. The highest BCUT2D eigenvalue weighted by Gasteiger charge is 2.19. The summed E-state index contributed by atoms with van der Waals surface area (Å²) in [6.07, 6.45) is 1.99. The van der Waals surface area contributed by atoms with Crippen molar-refractivity contribution < 1.29 is 4.42 Å². The van der Waals surface area contributed by atoms with Crippen LogP contribution >= 0.6 is 0 Å². The summed E-state index contributed by atoms with van der Waals surface area (Å²) in [4.78, 5) is 15.4. The van der Waals surface area contributed by atoms with Crippen LogP contribution in [-0.2, 0) is 0 Å². The molecule has 0 aliphatic carbocycles. The van der Waals surface area contributed by atoms with Crippen molar-refractivity contribution in [2.45, 2.75) is 0 Å². The monoisotopic (exact) mass is 740 g/mol. The van der Waals surface area contributed by atoms with Crippen LogP contribution in [0.15, 0.2) is 199 Å². The molecule has 0 aliphatic rings. The van der Waals surface area contributed by atoms with Gasteiger partial charge in [0.05, 0.1) is 22.4 Å². The van der Waals surface area contributed by atoms with Crippen LogP contribution in [0.2, 0.25) is 0 Å². The summed E-state index contributed by atoms with van der Waals surface area (Å²) in [5.74, 6) is 0.674. The molecule has 0 fully saturated rings. The summed E-state index contributed by atoms with van der Waals surface area (Å²) in [6.45, 7) is 0. The minimum Gasteiger partial charge on any atom is -0.454 e. The van der Waals surface area contributed by atoms with Crippen LogP contribution in [0.25, 0.3) is 116 Å². The molecule has 8 aromatic carbocycles. The highest BCUT2D eigenvalue weighted by atomic mass is 16.3. The number of benzene rings is 8. The standard InChI is InChI=1S/C53H32N4O/c1-2-13-33(14-3-1)46-31-47(56-53(55-46)34-25-27-35(28-26-34)57-48-22-9-6-17-41(48)42-18-7-10-23-49(42)57)40-30-29-39(36-15-4-5-16-37(36)40)38-20-12-21-43-45(38)32-54-51-44-19-8-11-24-50(44)58-52(43)51/h1-32H. The van der Waals surface area contributed by atoms with Gasteiger partial charge >= 0.3 is 0 Å². The molecule has 270 valence electrons. The van der Waals surface area contributed by atoms with Gasteiger partial charge in [0, 0.05) is 55.5 Å². The quantitative estimate of drug-likeness (QED) is 0.176. The van der Waals surface area contributed by atoms with Crippen LogP contribution in [0.5, 0.6) is 0 Å². The second kappa shape index (κ2) is 12.8. The predicted molar refractivity (Wildman–Crippen MR) is 238 cm³/mol. The molecule has 0 bridgehead atoms. The molecule has 4 aromatic heterocycles. The molecular weight excluding hydrogens is 709 g/mol. The summed E-state index contributed by atoms with van der Waals surface area (Å²) in [5.41, 5.74) is 13.0. The van der Waals surface area contributed by atoms with Crippen molar-refractivity contribution in [1.82, 2.24) is 19.5 Å². The van der Waals surface area contributed by atoms with Crippen molar-refractivity contribution in [3.8, 4) is 50.7 Å². The Kier molecular flexibility index (Phi) is 7.16. The van der Waals surface area contributed by atoms with Crippen molar-refractivity contribution in [2.75, 3.05) is 0 Å². The van der Waals surface area contributed by atoms with Gasteiger partial charge in [-0.25, -0.2) is 9.97 Å². The number of pyridine rings is 1. The van der Waals surface area contributed by atoms with Gasteiger partial charge in [-0.05, 0) is 76.5 Å². The molecule has 0 spiro atoms. The lowest BCUT2D eigenvalue weighted by molar-refractivity contribution is 0.672. The van der Waals surface area contributed by atoms with E-state index >= 15 is 0 Å². The first-order valence-corrected chi connectivity index (χ1v) is 19.5. The van der Waals surface area contributed by atoms with Crippen LogP contribution in [0.1, 0.15) is 0 Å². The number of rotatable bonds is 5. The number of para-hydroxylation sites is 3. The second-order valence-electron chi connectivity index (χ2n) is 14.8. The Bertz CT molecular complexity index is 3510. The lowest BCUT2D eigenvalue weighted by atomic mass is 9.91. The molecule has 58 heavy (non-hydrogen) atoms. The van der Waals surface area contributed by atoms with Crippen LogP contribution in [0.4, 0.5) is 0 Å². The van der Waals surface area contributed by atoms with E-state index in [4.69, 9.17) is 19.4 Å². The van der Waals surface area contributed by atoms with Gasteiger partial charge in [-0.3, -0.25) is 4.98 Å². The molecule has 5 heteroatoms. The van der Waals surface area contributed by atoms with E-state index in [-0.39, 0.29) is 0 Å². The van der Waals surface area contributed by atoms with Crippen molar-refractivity contribution in [2.24, 2.45) is 0 Å². The van der Waals surface area contributed by atoms with Gasteiger partial charge in [-0.1, -0.05) is 133 Å². The van der Waals surface area contributed by atoms with E-state index in [1.54, 1.807) is 0 Å². The van der Waals surface area contributed by atoms with Gasteiger partial charge in [-0.15, -0.1) is 0 Å². The van der Waals surface area contributed by atoms with E-state index in [0.717, 1.165) is 88.5 Å². The lowest BCUT2D eigenvalue weighted by Crippen LogP contribution is -1.98. The molecule has 0 aliphatic heterocycles. The molecule has 5 nitrogen and oxygen atoms in total. The van der Waals surface area contributed by atoms with Crippen LogP contribution in [0, 0.1) is 0 Å². The fraction of sp³-hybridized carbons (Fsp3) is 0. The molecule has 0 atom stereocenters. The first kappa shape index (κ1) is 32.4. The summed E-state index contributed by atoms with van der Waals surface area (Å²) in [7, 11) is 0. The number of aromatic nitrogens is 4. The normalized spacial score (nSPS) is 11.8. The predicted octanol–water partition coefficient (Wildman–Crippen LogP) is 13.8. The number of nitrogens with zero attached hydrogens (tertiary/aromatic N) is 4. The van der Waals surface area contributed by atoms with Crippen molar-refractivity contribution in [3.05, 3.63) is 194 Å². The van der Waals surface area contributed by atoms with Gasteiger partial charge in [-0.2, -0.15) is 0 Å². The molecule has 0 amide bonds. The van der Waals surface area contributed by atoms with E-state index < -0.39 is 0 Å². The molecular formula is C53H32N4O. The molecule has 0 radical (unpaired) electrons. The van der Waals surface area contributed by atoms with Gasteiger partial charge in [0.2, 0.25) is 0 Å². The molecule has 0 saturated carbocycles. The molecule has 0 unspecified atom stereocenters. The lowest BCUT2D eigenvalue weighted by Gasteiger charge is -2.15. The third-order valence-electron chi connectivity index (χ3n) is 11.5. The largest absolute Gasteiger partial charge is 0.454 e. The Balaban J connectivity index is 1.01. The van der Waals surface area contributed by atoms with Crippen molar-refractivity contribution in [1.29, 1.82) is 0 Å². The Morgan fingerprint density at radius 1 is 0.397 bits per heavy atom. The molecule has 12 aromatic rings. The fourth-order valence-corrected chi connectivity index (χ4v) is 8.80. The number of hydrogen-bond donors (Lipinski definition) is 0. The summed E-state index contributed by atoms with van der Waals surface area (Å²) < 4.78 is 8.73. The van der Waals surface area contributed by atoms with Gasteiger partial charge in [0.25, 0.3) is 0 Å². The molecule has 0 N–H and O–H groups in total. The third kappa shape index (κ3) is 5.00. The number of hydrogen-bond acceptors (Lipinski definition) is 4. The Hall–Kier alpha value is -7.89. The van der Waals surface area contributed by atoms with Gasteiger partial charge in [0.1, 0.15) is 11.1 Å². The second-order valence-corrected chi connectivity index (χ2v) is 14.8. The highest BCUT2D eigenvalue weighted by Crippen LogP contribution is 2.41. The Morgan fingerprint density at radius 3 is 1.74 bits per heavy atom. The smallest absolute Gasteiger partial charge is 0.161 e. The van der Waals surface area contributed by atoms with Crippen LogP contribution in [-0.4, -0.2) is 19.5 Å². The van der Waals surface area contributed by atoms with Gasteiger partial charge < -0.3 is 8.98 Å². The van der Waals surface area contributed by atoms with Crippen LogP contribution < -0.4 is 0 Å². The zero-order valence-corrected chi connectivity index (χ0v) is 31.2.